The molecule has 0 saturated carbocycles. The Hall–Kier alpha value is -2.18. The van der Waals surface area contributed by atoms with Gasteiger partial charge in [-0.3, -0.25) is 4.40 Å². The highest BCUT2D eigenvalue weighted by molar-refractivity contribution is 5.94. The predicted octanol–water partition coefficient (Wildman–Crippen LogP) is 0.662. The number of nitrogens with zero attached hydrogens (tertiary/aromatic N) is 4. The third-order valence-corrected chi connectivity index (χ3v) is 1.99. The zero-order valence-electron chi connectivity index (χ0n) is 9.84. The van der Waals surface area contributed by atoms with E-state index in [-0.39, 0.29) is 11.4 Å². The van der Waals surface area contributed by atoms with Crippen LogP contribution in [0.4, 0.5) is 5.82 Å². The molecule has 0 aliphatic rings. The van der Waals surface area contributed by atoms with E-state index in [1.807, 2.05) is 0 Å². The van der Waals surface area contributed by atoms with Gasteiger partial charge in [0, 0.05) is 6.20 Å². The van der Waals surface area contributed by atoms with Gasteiger partial charge in [0.2, 0.25) is 0 Å². The van der Waals surface area contributed by atoms with Crippen LogP contribution in [-0.4, -0.2) is 31.2 Å². The highest BCUT2D eigenvalue weighted by atomic mass is 16.6. The number of rotatable bonds is 1. The van der Waals surface area contributed by atoms with Gasteiger partial charge in [-0.2, -0.15) is 0 Å². The molecule has 2 aromatic rings. The lowest BCUT2D eigenvalue weighted by Crippen LogP contribution is -2.25. The normalized spacial score (nSPS) is 11.7. The first-order chi connectivity index (χ1) is 7.88. The number of carbonyl (C=O) groups excluding carboxylic acids is 1. The van der Waals surface area contributed by atoms with E-state index in [0.717, 1.165) is 0 Å². The van der Waals surface area contributed by atoms with Gasteiger partial charge in [0.15, 0.2) is 0 Å². The van der Waals surface area contributed by atoms with Gasteiger partial charge in [-0.15, -0.1) is 10.2 Å². The molecule has 2 N–H and O–H groups in total. The van der Waals surface area contributed by atoms with Crippen LogP contribution in [0, 0.1) is 0 Å². The first kappa shape index (κ1) is 11.3. The zero-order chi connectivity index (χ0) is 12.6. The summed E-state index contributed by atoms with van der Waals surface area (Å²) < 4.78 is 6.65. The maximum Gasteiger partial charge on any atom is 0.343 e. The van der Waals surface area contributed by atoms with Crippen molar-refractivity contribution < 1.29 is 9.53 Å². The van der Waals surface area contributed by atoms with Crippen molar-refractivity contribution in [1.29, 1.82) is 0 Å². The summed E-state index contributed by atoms with van der Waals surface area (Å²) in [7, 11) is 0. The average Bonchev–Trinajstić information content (AvgIpc) is 2.63. The fraction of sp³-hybridized carbons (Fsp3) is 0.400. The molecule has 0 radical (unpaired) electrons. The van der Waals surface area contributed by atoms with Crippen LogP contribution in [0.2, 0.25) is 0 Å². The summed E-state index contributed by atoms with van der Waals surface area (Å²) in [4.78, 5) is 15.8. The number of esters is 1. The maximum absolute atomic E-state index is 11.9. The van der Waals surface area contributed by atoms with Crippen LogP contribution in [0.5, 0.6) is 0 Å². The first-order valence-corrected chi connectivity index (χ1v) is 5.06. The summed E-state index contributed by atoms with van der Waals surface area (Å²) in [5.41, 5.74) is 5.45. The van der Waals surface area contributed by atoms with Crippen molar-refractivity contribution in [3.63, 3.8) is 0 Å². The van der Waals surface area contributed by atoms with Gasteiger partial charge in [0.25, 0.3) is 5.78 Å². The molecule has 0 spiro atoms. The van der Waals surface area contributed by atoms with Crippen molar-refractivity contribution in [3.8, 4) is 0 Å². The number of ether oxygens (including phenoxy) is 1. The molecule has 17 heavy (non-hydrogen) atoms. The second-order valence-corrected chi connectivity index (χ2v) is 4.56. The van der Waals surface area contributed by atoms with Crippen LogP contribution in [0.3, 0.4) is 0 Å². The van der Waals surface area contributed by atoms with E-state index in [1.54, 1.807) is 20.8 Å². The Kier molecular flexibility index (Phi) is 2.45. The summed E-state index contributed by atoms with van der Waals surface area (Å²) in [5, 5.41) is 7.38. The molecule has 2 aromatic heterocycles. The number of carbonyl (C=O) groups is 1. The number of hydrogen-bond donors (Lipinski definition) is 1. The lowest BCUT2D eigenvalue weighted by Gasteiger charge is -2.19. The lowest BCUT2D eigenvalue weighted by atomic mass is 10.2. The molecule has 0 aliphatic carbocycles. The monoisotopic (exact) mass is 235 g/mol. The summed E-state index contributed by atoms with van der Waals surface area (Å²) >= 11 is 0. The second kappa shape index (κ2) is 3.69. The summed E-state index contributed by atoms with van der Waals surface area (Å²) in [6.45, 7) is 5.35. The Morgan fingerprint density at radius 1 is 1.47 bits per heavy atom. The molecule has 0 aromatic carbocycles. The number of hydrogen-bond acceptors (Lipinski definition) is 6. The number of anilines is 1. The minimum Gasteiger partial charge on any atom is -0.456 e. The van der Waals surface area contributed by atoms with Crippen LogP contribution in [0.15, 0.2) is 12.5 Å². The zero-order valence-corrected chi connectivity index (χ0v) is 9.84. The largest absolute Gasteiger partial charge is 0.456 e. The summed E-state index contributed by atoms with van der Waals surface area (Å²) in [6.07, 6.45) is 2.74. The Labute approximate surface area is 97.6 Å². The molecule has 7 heteroatoms. The minimum atomic E-state index is -0.578. The van der Waals surface area contributed by atoms with Gasteiger partial charge < -0.3 is 10.5 Å². The second-order valence-electron chi connectivity index (χ2n) is 4.56. The van der Waals surface area contributed by atoms with Crippen LogP contribution in [0.25, 0.3) is 5.78 Å². The molecule has 0 bridgehead atoms. The molecule has 0 aliphatic heterocycles. The van der Waals surface area contributed by atoms with E-state index < -0.39 is 11.6 Å². The van der Waals surface area contributed by atoms with E-state index in [1.165, 1.54) is 16.9 Å². The number of aromatic nitrogens is 4. The van der Waals surface area contributed by atoms with Gasteiger partial charge in [0.1, 0.15) is 23.3 Å². The fourth-order valence-corrected chi connectivity index (χ4v) is 1.30. The van der Waals surface area contributed by atoms with Crippen LogP contribution >= 0.6 is 0 Å². The van der Waals surface area contributed by atoms with E-state index in [9.17, 15) is 4.79 Å². The SMILES string of the molecule is CC(C)(C)OC(=O)c1cnc2nncn2c1N. The van der Waals surface area contributed by atoms with Crippen molar-refractivity contribution in [3.05, 3.63) is 18.1 Å². The quantitative estimate of drug-likeness (QED) is 0.729. The predicted molar refractivity (Wildman–Crippen MR) is 60.4 cm³/mol. The molecule has 2 heterocycles. The molecule has 0 amide bonds. The minimum absolute atomic E-state index is 0.201. The van der Waals surface area contributed by atoms with E-state index in [4.69, 9.17) is 10.5 Å². The van der Waals surface area contributed by atoms with Crippen LogP contribution in [0.1, 0.15) is 31.1 Å². The molecular weight excluding hydrogens is 222 g/mol. The van der Waals surface area contributed by atoms with E-state index in [0.29, 0.717) is 5.78 Å². The van der Waals surface area contributed by atoms with E-state index >= 15 is 0 Å². The first-order valence-electron chi connectivity index (χ1n) is 5.06. The van der Waals surface area contributed by atoms with Crippen molar-refractivity contribution >= 4 is 17.6 Å². The average molecular weight is 235 g/mol. The van der Waals surface area contributed by atoms with Crippen LogP contribution < -0.4 is 5.73 Å². The fourth-order valence-electron chi connectivity index (χ4n) is 1.30. The molecule has 2 rings (SSSR count). The third kappa shape index (κ3) is 2.17. The molecular formula is C10H13N5O2. The Bertz CT molecular complexity index is 570. The molecule has 0 saturated heterocycles. The maximum atomic E-state index is 11.9. The molecule has 7 nitrogen and oxygen atoms in total. The Balaban J connectivity index is 2.42. The third-order valence-electron chi connectivity index (χ3n) is 1.99. The van der Waals surface area contributed by atoms with Crippen molar-refractivity contribution in [1.82, 2.24) is 19.6 Å². The van der Waals surface area contributed by atoms with Gasteiger partial charge >= 0.3 is 5.97 Å². The Morgan fingerprint density at radius 2 is 2.18 bits per heavy atom. The van der Waals surface area contributed by atoms with Gasteiger partial charge in [-0.1, -0.05) is 0 Å². The standard InChI is InChI=1S/C10H13N5O2/c1-10(2,3)17-8(16)6-4-12-9-14-13-5-15(9)7(6)11/h4-5H,11H2,1-3H3. The summed E-state index contributed by atoms with van der Waals surface area (Å²) in [5.74, 6) is 0.0437. The van der Waals surface area contributed by atoms with E-state index in [2.05, 4.69) is 15.2 Å². The number of nitrogens with two attached hydrogens (primary N) is 1. The molecule has 0 unspecified atom stereocenters. The highest BCUT2D eigenvalue weighted by Gasteiger charge is 2.21. The molecule has 0 atom stereocenters. The molecule has 0 fully saturated rings. The summed E-state index contributed by atoms with van der Waals surface area (Å²) in [6, 6.07) is 0. The van der Waals surface area contributed by atoms with Gasteiger partial charge in [-0.25, -0.2) is 9.78 Å². The van der Waals surface area contributed by atoms with Crippen LogP contribution in [-0.2, 0) is 4.74 Å². The smallest absolute Gasteiger partial charge is 0.343 e. The lowest BCUT2D eigenvalue weighted by molar-refractivity contribution is 0.00699. The number of nitrogen functional groups attached to an aromatic ring is 1. The number of fused-ring (bicyclic) bond motifs is 1. The topological polar surface area (TPSA) is 95.4 Å². The van der Waals surface area contributed by atoms with Gasteiger partial charge in [-0.05, 0) is 20.8 Å². The highest BCUT2D eigenvalue weighted by Crippen LogP contribution is 2.16. The van der Waals surface area contributed by atoms with Crippen molar-refractivity contribution in [2.75, 3.05) is 5.73 Å². The molecule has 90 valence electrons. The van der Waals surface area contributed by atoms with Crippen molar-refractivity contribution in [2.24, 2.45) is 0 Å². The van der Waals surface area contributed by atoms with Gasteiger partial charge in [0.05, 0.1) is 0 Å². The Morgan fingerprint density at radius 3 is 2.82 bits per heavy atom. The van der Waals surface area contributed by atoms with Crippen molar-refractivity contribution in [2.45, 2.75) is 26.4 Å².